The van der Waals surface area contributed by atoms with Gasteiger partial charge in [-0.3, -0.25) is 4.98 Å². The van der Waals surface area contributed by atoms with E-state index in [1.165, 1.54) is 0 Å². The highest BCUT2D eigenvalue weighted by Crippen LogP contribution is 2.39. The van der Waals surface area contributed by atoms with Crippen LogP contribution in [0.4, 0.5) is 17.1 Å². The zero-order chi connectivity index (χ0) is 18.7. The van der Waals surface area contributed by atoms with E-state index in [2.05, 4.69) is 34.0 Å². The summed E-state index contributed by atoms with van der Waals surface area (Å²) in [4.78, 5) is 6.53. The molecule has 5 nitrogen and oxygen atoms in total. The first-order chi connectivity index (χ1) is 12.6. The molecule has 0 radical (unpaired) electrons. The van der Waals surface area contributed by atoms with Gasteiger partial charge >= 0.3 is 0 Å². The second-order valence-corrected chi connectivity index (χ2v) is 6.33. The highest BCUT2D eigenvalue weighted by atomic mass is 35.5. The Kier molecular flexibility index (Phi) is 5.38. The maximum absolute atomic E-state index is 10.5. The molecular formula is C20H21ClN4O. The van der Waals surface area contributed by atoms with E-state index in [1.54, 1.807) is 18.3 Å². The molecule has 0 fully saturated rings. The summed E-state index contributed by atoms with van der Waals surface area (Å²) in [6.07, 6.45) is 1.69. The molecule has 0 atom stereocenters. The summed E-state index contributed by atoms with van der Waals surface area (Å²) in [5.74, 6) is 0.127. The monoisotopic (exact) mass is 368 g/mol. The molecule has 1 N–H and O–H groups in total. The second-order valence-electron chi connectivity index (χ2n) is 5.92. The first kappa shape index (κ1) is 18.1. The first-order valence-electron chi connectivity index (χ1n) is 8.59. The van der Waals surface area contributed by atoms with E-state index in [9.17, 15) is 5.11 Å². The van der Waals surface area contributed by atoms with Crippen LogP contribution in [0.5, 0.6) is 5.75 Å². The highest BCUT2D eigenvalue weighted by molar-refractivity contribution is 6.34. The minimum Gasteiger partial charge on any atom is -0.505 e. The third-order valence-electron chi connectivity index (χ3n) is 4.44. The standard InChI is InChI=1S/C20H21ClN4O/c1-4-25(5-2)17-11-10-16(20(26)13(17)3)23-24-19-15(21)9-8-14-7-6-12-22-18(14)19/h6-12,26H,4-5H2,1-3H3. The third kappa shape index (κ3) is 3.35. The quantitative estimate of drug-likeness (QED) is 0.548. The van der Waals surface area contributed by atoms with E-state index >= 15 is 0 Å². The lowest BCUT2D eigenvalue weighted by atomic mass is 10.1. The Balaban J connectivity index is 2.02. The molecule has 0 spiro atoms. The fraction of sp³-hybridized carbons (Fsp3) is 0.250. The number of phenols is 1. The number of pyridine rings is 1. The van der Waals surface area contributed by atoms with Gasteiger partial charge in [-0.15, -0.1) is 10.2 Å². The Hall–Kier alpha value is -2.66. The van der Waals surface area contributed by atoms with Gasteiger partial charge in [0.15, 0.2) is 0 Å². The molecule has 134 valence electrons. The number of nitrogens with zero attached hydrogens (tertiary/aromatic N) is 4. The Labute approximate surface area is 158 Å². The van der Waals surface area contributed by atoms with Gasteiger partial charge in [0.1, 0.15) is 17.1 Å². The smallest absolute Gasteiger partial charge is 0.148 e. The van der Waals surface area contributed by atoms with Crippen molar-refractivity contribution in [1.82, 2.24) is 4.98 Å². The van der Waals surface area contributed by atoms with Crippen molar-refractivity contribution in [3.05, 3.63) is 53.2 Å². The van der Waals surface area contributed by atoms with Crippen LogP contribution in [0.15, 0.2) is 52.8 Å². The topological polar surface area (TPSA) is 61.1 Å². The van der Waals surface area contributed by atoms with Crippen molar-refractivity contribution >= 4 is 39.6 Å². The molecule has 0 amide bonds. The average Bonchev–Trinajstić information content (AvgIpc) is 2.66. The maximum atomic E-state index is 10.5. The lowest BCUT2D eigenvalue weighted by Gasteiger charge is -2.23. The number of azo groups is 1. The summed E-state index contributed by atoms with van der Waals surface area (Å²) in [7, 11) is 0. The molecule has 1 heterocycles. The number of rotatable bonds is 5. The van der Waals surface area contributed by atoms with E-state index in [1.807, 2.05) is 31.2 Å². The molecule has 0 saturated carbocycles. The van der Waals surface area contributed by atoms with Gasteiger partial charge in [-0.25, -0.2) is 0 Å². The largest absolute Gasteiger partial charge is 0.505 e. The zero-order valence-corrected chi connectivity index (χ0v) is 15.8. The number of fused-ring (bicyclic) bond motifs is 1. The fourth-order valence-corrected chi connectivity index (χ4v) is 3.16. The molecule has 0 aliphatic rings. The maximum Gasteiger partial charge on any atom is 0.148 e. The van der Waals surface area contributed by atoms with Gasteiger partial charge in [-0.1, -0.05) is 23.7 Å². The minimum absolute atomic E-state index is 0.127. The van der Waals surface area contributed by atoms with Crippen molar-refractivity contribution in [2.24, 2.45) is 10.2 Å². The van der Waals surface area contributed by atoms with Crippen molar-refractivity contribution in [2.45, 2.75) is 20.8 Å². The number of phenolic OH excluding ortho intramolecular Hbond substituents is 1. The van der Waals surface area contributed by atoms with Crippen LogP contribution >= 0.6 is 11.6 Å². The number of aromatic hydroxyl groups is 1. The Morgan fingerprint density at radius 1 is 1.08 bits per heavy atom. The Morgan fingerprint density at radius 3 is 2.58 bits per heavy atom. The first-order valence-corrected chi connectivity index (χ1v) is 8.97. The molecule has 0 saturated heterocycles. The molecule has 0 aliphatic carbocycles. The molecule has 1 aromatic heterocycles. The Bertz CT molecular complexity index is 967. The lowest BCUT2D eigenvalue weighted by Crippen LogP contribution is -2.22. The van der Waals surface area contributed by atoms with Crippen LogP contribution in [0.2, 0.25) is 5.02 Å². The predicted molar refractivity (Wildman–Crippen MR) is 107 cm³/mol. The summed E-state index contributed by atoms with van der Waals surface area (Å²) >= 11 is 6.28. The van der Waals surface area contributed by atoms with Crippen LogP contribution in [0, 0.1) is 6.92 Å². The van der Waals surface area contributed by atoms with E-state index in [0.29, 0.717) is 21.9 Å². The van der Waals surface area contributed by atoms with Gasteiger partial charge in [0, 0.05) is 35.9 Å². The molecule has 2 aromatic carbocycles. The molecule has 26 heavy (non-hydrogen) atoms. The number of aromatic nitrogens is 1. The number of anilines is 1. The summed E-state index contributed by atoms with van der Waals surface area (Å²) in [6, 6.07) is 11.2. The predicted octanol–water partition coefficient (Wildman–Crippen LogP) is 6.16. The highest BCUT2D eigenvalue weighted by Gasteiger charge is 2.13. The van der Waals surface area contributed by atoms with Gasteiger partial charge in [-0.05, 0) is 45.0 Å². The van der Waals surface area contributed by atoms with Crippen LogP contribution in [0.1, 0.15) is 19.4 Å². The van der Waals surface area contributed by atoms with Crippen molar-refractivity contribution in [3.8, 4) is 5.75 Å². The molecule has 0 bridgehead atoms. The molecule has 0 unspecified atom stereocenters. The van der Waals surface area contributed by atoms with Crippen LogP contribution in [-0.4, -0.2) is 23.2 Å². The van der Waals surface area contributed by atoms with Gasteiger partial charge in [0.25, 0.3) is 0 Å². The number of benzene rings is 2. The van der Waals surface area contributed by atoms with Gasteiger partial charge < -0.3 is 10.0 Å². The SMILES string of the molecule is CCN(CC)c1ccc(N=Nc2c(Cl)ccc3cccnc23)c(O)c1C. The minimum atomic E-state index is 0.127. The molecule has 3 rings (SSSR count). The van der Waals surface area contributed by atoms with Crippen LogP contribution in [0.3, 0.4) is 0 Å². The van der Waals surface area contributed by atoms with Crippen molar-refractivity contribution in [1.29, 1.82) is 0 Å². The number of hydrogen-bond acceptors (Lipinski definition) is 5. The zero-order valence-electron chi connectivity index (χ0n) is 15.1. The summed E-state index contributed by atoms with van der Waals surface area (Å²) in [6.45, 7) is 7.80. The van der Waals surface area contributed by atoms with E-state index in [0.717, 1.165) is 29.7 Å². The summed E-state index contributed by atoms with van der Waals surface area (Å²) < 4.78 is 0. The molecule has 3 aromatic rings. The molecule has 0 aliphatic heterocycles. The van der Waals surface area contributed by atoms with Gasteiger partial charge in [-0.2, -0.15) is 0 Å². The average molecular weight is 369 g/mol. The molecule has 6 heteroatoms. The lowest BCUT2D eigenvalue weighted by molar-refractivity contribution is 0.472. The van der Waals surface area contributed by atoms with Crippen LogP contribution < -0.4 is 4.90 Å². The van der Waals surface area contributed by atoms with Gasteiger partial charge in [0.2, 0.25) is 0 Å². The van der Waals surface area contributed by atoms with E-state index in [-0.39, 0.29) is 5.75 Å². The normalized spacial score (nSPS) is 11.4. The number of halogens is 1. The van der Waals surface area contributed by atoms with Gasteiger partial charge in [0.05, 0.1) is 10.5 Å². The van der Waals surface area contributed by atoms with Crippen molar-refractivity contribution in [3.63, 3.8) is 0 Å². The van der Waals surface area contributed by atoms with E-state index in [4.69, 9.17) is 11.6 Å². The number of hydrogen-bond donors (Lipinski definition) is 1. The summed E-state index contributed by atoms with van der Waals surface area (Å²) in [5, 5.41) is 20.5. The summed E-state index contributed by atoms with van der Waals surface area (Å²) in [5.41, 5.74) is 3.36. The van der Waals surface area contributed by atoms with Crippen molar-refractivity contribution in [2.75, 3.05) is 18.0 Å². The van der Waals surface area contributed by atoms with E-state index < -0.39 is 0 Å². The fourth-order valence-electron chi connectivity index (χ4n) is 2.97. The second kappa shape index (κ2) is 7.70. The van der Waals surface area contributed by atoms with Crippen LogP contribution in [0.25, 0.3) is 10.9 Å². The van der Waals surface area contributed by atoms with Crippen LogP contribution in [-0.2, 0) is 0 Å². The molecular weight excluding hydrogens is 348 g/mol. The van der Waals surface area contributed by atoms with Crippen molar-refractivity contribution < 1.29 is 5.11 Å². The Morgan fingerprint density at radius 2 is 1.85 bits per heavy atom. The third-order valence-corrected chi connectivity index (χ3v) is 4.75.